The molecule has 0 spiro atoms. The highest BCUT2D eigenvalue weighted by Crippen LogP contribution is 2.17. The van der Waals surface area contributed by atoms with Gasteiger partial charge in [0.05, 0.1) is 12.2 Å². The minimum Gasteiger partial charge on any atom is -0.462 e. The second-order valence-corrected chi connectivity index (χ2v) is 3.05. The van der Waals surface area contributed by atoms with Gasteiger partial charge >= 0.3 is 5.97 Å². The Balaban J connectivity index is 2.53. The number of esters is 1. The molecule has 1 heterocycles. The second-order valence-electron chi connectivity index (χ2n) is 3.05. The van der Waals surface area contributed by atoms with Crippen LogP contribution in [0.3, 0.4) is 0 Å². The summed E-state index contributed by atoms with van der Waals surface area (Å²) in [7, 11) is 0. The molecule has 0 atom stereocenters. The van der Waals surface area contributed by atoms with Gasteiger partial charge in [0, 0.05) is 6.42 Å². The van der Waals surface area contributed by atoms with Crippen molar-refractivity contribution >= 4 is 5.97 Å². The van der Waals surface area contributed by atoms with Crippen molar-refractivity contribution in [3.8, 4) is 0 Å². The molecule has 2 heteroatoms. The van der Waals surface area contributed by atoms with Crippen molar-refractivity contribution in [2.45, 2.75) is 13.3 Å². The van der Waals surface area contributed by atoms with E-state index >= 15 is 0 Å². The van der Waals surface area contributed by atoms with Gasteiger partial charge in [-0.3, -0.25) is 0 Å². The molecular formula is C10H10O2. The van der Waals surface area contributed by atoms with Gasteiger partial charge in [-0.05, 0) is 18.6 Å². The van der Waals surface area contributed by atoms with Gasteiger partial charge < -0.3 is 4.74 Å². The average molecular weight is 162 g/mol. The van der Waals surface area contributed by atoms with Gasteiger partial charge in [-0.1, -0.05) is 17.7 Å². The van der Waals surface area contributed by atoms with Crippen LogP contribution in [0.15, 0.2) is 18.2 Å². The van der Waals surface area contributed by atoms with Gasteiger partial charge in [0.2, 0.25) is 0 Å². The minimum absolute atomic E-state index is 0.184. The number of benzene rings is 1. The molecule has 0 aliphatic carbocycles. The first-order chi connectivity index (χ1) is 5.77. The maximum Gasteiger partial charge on any atom is 0.338 e. The molecule has 0 amide bonds. The third-order valence-corrected chi connectivity index (χ3v) is 2.09. The Kier molecular flexibility index (Phi) is 1.61. The van der Waals surface area contributed by atoms with Crippen molar-refractivity contribution in [1.29, 1.82) is 0 Å². The Hall–Kier alpha value is -1.31. The van der Waals surface area contributed by atoms with Crippen LogP contribution in [-0.4, -0.2) is 12.6 Å². The van der Waals surface area contributed by atoms with Crippen LogP contribution in [0.5, 0.6) is 0 Å². The molecule has 0 saturated carbocycles. The molecule has 1 aromatic carbocycles. The fourth-order valence-electron chi connectivity index (χ4n) is 1.46. The zero-order valence-electron chi connectivity index (χ0n) is 6.96. The molecular weight excluding hydrogens is 152 g/mol. The summed E-state index contributed by atoms with van der Waals surface area (Å²) in [5, 5.41) is 0. The smallest absolute Gasteiger partial charge is 0.338 e. The van der Waals surface area contributed by atoms with Crippen molar-refractivity contribution < 1.29 is 9.53 Å². The van der Waals surface area contributed by atoms with Gasteiger partial charge in [0.25, 0.3) is 0 Å². The summed E-state index contributed by atoms with van der Waals surface area (Å²) in [6.45, 7) is 2.55. The maximum absolute atomic E-state index is 11.2. The number of ether oxygens (including phenoxy) is 1. The molecule has 2 rings (SSSR count). The summed E-state index contributed by atoms with van der Waals surface area (Å²) < 4.78 is 4.91. The largest absolute Gasteiger partial charge is 0.462 e. The zero-order valence-corrected chi connectivity index (χ0v) is 6.96. The number of hydrogen-bond acceptors (Lipinski definition) is 2. The zero-order chi connectivity index (χ0) is 8.55. The molecule has 1 aromatic rings. The summed E-state index contributed by atoms with van der Waals surface area (Å²) in [4.78, 5) is 11.2. The van der Waals surface area contributed by atoms with Crippen LogP contribution in [0.25, 0.3) is 0 Å². The molecule has 0 fully saturated rings. The first kappa shape index (κ1) is 7.35. The predicted molar refractivity (Wildman–Crippen MR) is 45.2 cm³/mol. The highest BCUT2D eigenvalue weighted by Gasteiger charge is 2.17. The Bertz CT molecular complexity index is 329. The Labute approximate surface area is 71.2 Å². The summed E-state index contributed by atoms with van der Waals surface area (Å²) in [6.07, 6.45) is 0.850. The van der Waals surface area contributed by atoms with Gasteiger partial charge in [0.15, 0.2) is 0 Å². The van der Waals surface area contributed by atoms with Crippen LogP contribution < -0.4 is 0 Å². The molecule has 0 bridgehead atoms. The summed E-state index contributed by atoms with van der Waals surface area (Å²) in [6, 6.07) is 5.83. The van der Waals surface area contributed by atoms with Gasteiger partial charge in [0.1, 0.15) is 0 Å². The van der Waals surface area contributed by atoms with E-state index in [9.17, 15) is 4.79 Å². The lowest BCUT2D eigenvalue weighted by Crippen LogP contribution is -2.17. The topological polar surface area (TPSA) is 26.3 Å². The molecule has 1 aliphatic heterocycles. The van der Waals surface area contributed by atoms with Crippen molar-refractivity contribution in [1.82, 2.24) is 0 Å². The van der Waals surface area contributed by atoms with E-state index in [0.29, 0.717) is 6.61 Å². The lowest BCUT2D eigenvalue weighted by Gasteiger charge is -2.15. The third kappa shape index (κ3) is 1.09. The highest BCUT2D eigenvalue weighted by atomic mass is 16.5. The van der Waals surface area contributed by atoms with Gasteiger partial charge in [-0.25, -0.2) is 4.79 Å². The van der Waals surface area contributed by atoms with Gasteiger partial charge in [-0.15, -0.1) is 0 Å². The van der Waals surface area contributed by atoms with E-state index in [2.05, 4.69) is 6.07 Å². The Morgan fingerprint density at radius 2 is 2.25 bits per heavy atom. The molecule has 0 radical (unpaired) electrons. The van der Waals surface area contributed by atoms with E-state index in [4.69, 9.17) is 4.74 Å². The third-order valence-electron chi connectivity index (χ3n) is 2.09. The number of rotatable bonds is 0. The minimum atomic E-state index is -0.184. The van der Waals surface area contributed by atoms with Crippen molar-refractivity contribution in [3.63, 3.8) is 0 Å². The van der Waals surface area contributed by atoms with Crippen LogP contribution in [0, 0.1) is 6.92 Å². The summed E-state index contributed by atoms with van der Waals surface area (Å²) in [5.41, 5.74) is 3.04. The lowest BCUT2D eigenvalue weighted by atomic mass is 10.0. The number of aryl methyl sites for hydroxylation is 1. The predicted octanol–water partition coefficient (Wildman–Crippen LogP) is 1.71. The van der Waals surface area contributed by atoms with Crippen molar-refractivity contribution in [2.75, 3.05) is 6.61 Å². The Morgan fingerprint density at radius 1 is 1.42 bits per heavy atom. The molecule has 0 unspecified atom stereocenters. The first-order valence-corrected chi connectivity index (χ1v) is 4.04. The van der Waals surface area contributed by atoms with Crippen LogP contribution in [0.4, 0.5) is 0 Å². The SMILES string of the molecule is Cc1ccc2c(c1)CCOC2=O. The standard InChI is InChI=1S/C10H10O2/c1-7-2-3-9-8(6-7)4-5-12-10(9)11/h2-3,6H,4-5H2,1H3. The van der Waals surface area contributed by atoms with E-state index in [0.717, 1.165) is 17.5 Å². The molecule has 2 nitrogen and oxygen atoms in total. The van der Waals surface area contributed by atoms with Crippen LogP contribution in [-0.2, 0) is 11.2 Å². The summed E-state index contributed by atoms with van der Waals surface area (Å²) >= 11 is 0. The van der Waals surface area contributed by atoms with Crippen LogP contribution in [0.2, 0.25) is 0 Å². The summed E-state index contributed by atoms with van der Waals surface area (Å²) in [5.74, 6) is -0.184. The molecule has 0 saturated heterocycles. The van der Waals surface area contributed by atoms with E-state index < -0.39 is 0 Å². The van der Waals surface area contributed by atoms with Crippen molar-refractivity contribution in [2.24, 2.45) is 0 Å². The lowest BCUT2D eigenvalue weighted by molar-refractivity contribution is 0.0480. The maximum atomic E-state index is 11.2. The molecule has 0 N–H and O–H groups in total. The number of carbonyl (C=O) groups excluding carboxylic acids is 1. The number of carbonyl (C=O) groups is 1. The van der Waals surface area contributed by atoms with Crippen molar-refractivity contribution in [3.05, 3.63) is 34.9 Å². The van der Waals surface area contributed by atoms with E-state index in [1.807, 2.05) is 19.1 Å². The monoisotopic (exact) mass is 162 g/mol. The van der Waals surface area contributed by atoms with Crippen LogP contribution in [0.1, 0.15) is 21.5 Å². The number of cyclic esters (lactones) is 1. The van der Waals surface area contributed by atoms with Crippen LogP contribution >= 0.6 is 0 Å². The van der Waals surface area contributed by atoms with Gasteiger partial charge in [-0.2, -0.15) is 0 Å². The average Bonchev–Trinajstić information content (AvgIpc) is 2.04. The van der Waals surface area contributed by atoms with E-state index in [1.165, 1.54) is 5.56 Å². The quantitative estimate of drug-likeness (QED) is 0.543. The fourth-order valence-corrected chi connectivity index (χ4v) is 1.46. The van der Waals surface area contributed by atoms with E-state index in [-0.39, 0.29) is 5.97 Å². The fraction of sp³-hybridized carbons (Fsp3) is 0.300. The second kappa shape index (κ2) is 2.63. The highest BCUT2D eigenvalue weighted by molar-refractivity contribution is 5.92. The number of fused-ring (bicyclic) bond motifs is 1. The first-order valence-electron chi connectivity index (χ1n) is 4.04. The molecule has 0 aromatic heterocycles. The number of hydrogen-bond donors (Lipinski definition) is 0. The normalized spacial score (nSPS) is 15.2. The molecule has 62 valence electrons. The van der Waals surface area contributed by atoms with E-state index in [1.54, 1.807) is 0 Å². The molecule has 1 aliphatic rings. The molecule has 12 heavy (non-hydrogen) atoms. The Morgan fingerprint density at radius 3 is 3.08 bits per heavy atom.